The van der Waals surface area contributed by atoms with Gasteiger partial charge in [0.1, 0.15) is 11.3 Å². The molecule has 10 nitrogen and oxygen atoms in total. The number of nitrogens with zero attached hydrogens (tertiary/aromatic N) is 1. The number of amides is 2. The van der Waals surface area contributed by atoms with E-state index in [0.29, 0.717) is 65.0 Å². The lowest BCUT2D eigenvalue weighted by molar-refractivity contribution is -0.134. The van der Waals surface area contributed by atoms with Gasteiger partial charge in [-0.2, -0.15) is 0 Å². The number of fused-ring (bicyclic) bond motifs is 4. The van der Waals surface area contributed by atoms with E-state index in [4.69, 9.17) is 23.4 Å². The van der Waals surface area contributed by atoms with E-state index in [-0.39, 0.29) is 35.0 Å². The van der Waals surface area contributed by atoms with Gasteiger partial charge in [0.15, 0.2) is 11.5 Å². The molecule has 2 heterocycles. The quantitative estimate of drug-likeness (QED) is 0.0695. The fraction of sp³-hybridized carbons (Fsp3) is 0.267. The predicted octanol–water partition coefficient (Wildman–Crippen LogP) is 4.73. The van der Waals surface area contributed by atoms with Gasteiger partial charge < -0.3 is 23.4 Å². The molecule has 0 spiro atoms. The third kappa shape index (κ3) is 4.72. The molecular weight excluding hydrogens is 518 g/mol. The van der Waals surface area contributed by atoms with Gasteiger partial charge in [0.25, 0.3) is 11.8 Å². The van der Waals surface area contributed by atoms with Crippen LogP contribution >= 0.6 is 0 Å². The van der Waals surface area contributed by atoms with Gasteiger partial charge in [0, 0.05) is 29.8 Å². The molecule has 0 unspecified atom stereocenters. The molecule has 2 amide bonds. The van der Waals surface area contributed by atoms with E-state index in [1.807, 2.05) is 0 Å². The molecule has 0 radical (unpaired) electrons. The molecule has 0 aliphatic carbocycles. The van der Waals surface area contributed by atoms with Gasteiger partial charge >= 0.3 is 11.6 Å². The van der Waals surface area contributed by atoms with E-state index >= 15 is 0 Å². The van der Waals surface area contributed by atoms with Gasteiger partial charge in [0.2, 0.25) is 5.75 Å². The van der Waals surface area contributed by atoms with Gasteiger partial charge in [-0.1, -0.05) is 18.6 Å². The zero-order valence-electron chi connectivity index (χ0n) is 22.3. The third-order valence-corrected chi connectivity index (χ3v) is 6.85. The molecule has 0 bridgehead atoms. The molecule has 3 aromatic carbocycles. The summed E-state index contributed by atoms with van der Waals surface area (Å²) in [6, 6.07) is 13.1. The Balaban J connectivity index is 1.23. The van der Waals surface area contributed by atoms with Crippen LogP contribution in [0.2, 0.25) is 0 Å². The first-order valence-corrected chi connectivity index (χ1v) is 12.7. The van der Waals surface area contributed by atoms with Crippen molar-refractivity contribution in [3.63, 3.8) is 0 Å². The average molecular weight is 546 g/mol. The average Bonchev–Trinajstić information content (AvgIpc) is 3.20. The lowest BCUT2D eigenvalue weighted by Crippen LogP contribution is -2.30. The topological polar surface area (TPSA) is 122 Å². The summed E-state index contributed by atoms with van der Waals surface area (Å²) in [5, 5.41) is 1.32. The summed E-state index contributed by atoms with van der Waals surface area (Å²) in [6.07, 6.45) is 1.87. The number of hydrogen-bond donors (Lipinski definition) is 0. The van der Waals surface area contributed by atoms with E-state index in [0.717, 1.165) is 0 Å². The van der Waals surface area contributed by atoms with Crippen molar-refractivity contribution in [2.24, 2.45) is 0 Å². The van der Waals surface area contributed by atoms with E-state index in [1.54, 1.807) is 36.4 Å². The van der Waals surface area contributed by atoms with E-state index in [2.05, 4.69) is 0 Å². The van der Waals surface area contributed by atoms with Gasteiger partial charge in [-0.25, -0.2) is 4.79 Å². The highest BCUT2D eigenvalue weighted by molar-refractivity contribution is 6.21. The van der Waals surface area contributed by atoms with Crippen molar-refractivity contribution in [3.05, 3.63) is 70.1 Å². The van der Waals surface area contributed by atoms with Crippen LogP contribution in [-0.2, 0) is 4.79 Å². The Kier molecular flexibility index (Phi) is 7.41. The molecule has 1 aromatic heterocycles. The van der Waals surface area contributed by atoms with Gasteiger partial charge in [-0.15, -0.1) is 0 Å². The smallest absolute Gasteiger partial charge is 0.344 e. The zero-order valence-corrected chi connectivity index (χ0v) is 22.3. The molecule has 1 aliphatic heterocycles. The largest absolute Gasteiger partial charge is 0.493 e. The third-order valence-electron chi connectivity index (χ3n) is 6.85. The van der Waals surface area contributed by atoms with Crippen LogP contribution in [0.5, 0.6) is 23.0 Å². The van der Waals surface area contributed by atoms with Crippen LogP contribution in [0.3, 0.4) is 0 Å². The van der Waals surface area contributed by atoms with Crippen molar-refractivity contribution in [2.45, 2.75) is 25.7 Å². The molecule has 0 saturated heterocycles. The van der Waals surface area contributed by atoms with Crippen molar-refractivity contribution in [1.82, 2.24) is 4.90 Å². The first-order chi connectivity index (χ1) is 19.4. The number of rotatable bonds is 10. The number of hydrogen-bond acceptors (Lipinski definition) is 9. The minimum Gasteiger partial charge on any atom is -0.493 e. The van der Waals surface area contributed by atoms with Crippen molar-refractivity contribution >= 4 is 39.5 Å². The molecule has 206 valence electrons. The van der Waals surface area contributed by atoms with Crippen molar-refractivity contribution in [3.8, 4) is 23.0 Å². The zero-order chi connectivity index (χ0) is 28.4. The van der Waals surface area contributed by atoms with Crippen LogP contribution < -0.4 is 24.6 Å². The Labute approximate surface area is 229 Å². The van der Waals surface area contributed by atoms with Crippen LogP contribution in [0.4, 0.5) is 0 Å². The van der Waals surface area contributed by atoms with Gasteiger partial charge in [0.05, 0.1) is 37.8 Å². The molecule has 1 aliphatic rings. The SMILES string of the molecule is COc1cc2c(=O)oc3cc(OC(=O)CCCCCN4C(=O)c5ccccc5C4=O)ccc3c2c(OC)c1OC. The summed E-state index contributed by atoms with van der Waals surface area (Å²) in [5.41, 5.74) is 0.456. The summed E-state index contributed by atoms with van der Waals surface area (Å²) in [7, 11) is 4.40. The Morgan fingerprint density at radius 2 is 1.50 bits per heavy atom. The molecule has 0 N–H and O–H groups in total. The molecule has 5 rings (SSSR count). The number of benzene rings is 3. The fourth-order valence-electron chi connectivity index (χ4n) is 4.94. The summed E-state index contributed by atoms with van der Waals surface area (Å²) in [4.78, 5) is 51.4. The van der Waals surface area contributed by atoms with Crippen LogP contribution in [0.25, 0.3) is 21.7 Å². The first-order valence-electron chi connectivity index (χ1n) is 12.7. The molecule has 40 heavy (non-hydrogen) atoms. The molecule has 10 heteroatoms. The summed E-state index contributed by atoms with van der Waals surface area (Å²) < 4.78 is 27.3. The standard InChI is InChI=1S/C30H27NO9/c1-36-23-16-21-25(27(38-3)26(23)37-2)20-13-12-17(15-22(20)40-30(21)35)39-24(32)11-5-4-8-14-31-28(33)18-9-6-7-10-19(18)29(31)34/h6-7,9-10,12-13,15-16H,4-5,8,11,14H2,1-3H3. The van der Waals surface area contributed by atoms with Gasteiger partial charge in [-0.05, 0) is 43.2 Å². The summed E-state index contributed by atoms with van der Waals surface area (Å²) >= 11 is 0. The Morgan fingerprint density at radius 1 is 0.800 bits per heavy atom. The van der Waals surface area contributed by atoms with Crippen LogP contribution in [0.1, 0.15) is 46.4 Å². The Morgan fingerprint density at radius 3 is 2.15 bits per heavy atom. The van der Waals surface area contributed by atoms with Crippen molar-refractivity contribution in [2.75, 3.05) is 27.9 Å². The second-order valence-corrected chi connectivity index (χ2v) is 9.21. The van der Waals surface area contributed by atoms with Crippen LogP contribution in [0, 0.1) is 0 Å². The predicted molar refractivity (Wildman–Crippen MR) is 146 cm³/mol. The molecule has 4 aromatic rings. The van der Waals surface area contributed by atoms with E-state index in [9.17, 15) is 19.2 Å². The maximum atomic E-state index is 12.8. The highest BCUT2D eigenvalue weighted by Crippen LogP contribution is 2.45. The first kappa shape index (κ1) is 26.7. The second kappa shape index (κ2) is 11.1. The normalized spacial score (nSPS) is 12.6. The van der Waals surface area contributed by atoms with E-state index < -0.39 is 11.6 Å². The summed E-state index contributed by atoms with van der Waals surface area (Å²) in [6.45, 7) is 0.291. The minimum absolute atomic E-state index is 0.145. The Bertz CT molecular complexity index is 1670. The van der Waals surface area contributed by atoms with E-state index in [1.165, 1.54) is 38.4 Å². The second-order valence-electron chi connectivity index (χ2n) is 9.21. The van der Waals surface area contributed by atoms with Crippen LogP contribution in [0.15, 0.2) is 57.7 Å². The van der Waals surface area contributed by atoms with Gasteiger partial charge in [-0.3, -0.25) is 19.3 Å². The molecule has 0 fully saturated rings. The fourth-order valence-corrected chi connectivity index (χ4v) is 4.94. The number of carbonyl (C=O) groups is 3. The highest BCUT2D eigenvalue weighted by atomic mass is 16.5. The van der Waals surface area contributed by atoms with Crippen LogP contribution in [-0.4, -0.2) is 50.6 Å². The lowest BCUT2D eigenvalue weighted by Gasteiger charge is -2.15. The summed E-state index contributed by atoms with van der Waals surface area (Å²) in [5.74, 6) is 0.186. The number of methoxy groups -OCH3 is 3. The Hall–Kier alpha value is -4.86. The van der Waals surface area contributed by atoms with Crippen molar-refractivity contribution in [1.29, 1.82) is 0 Å². The lowest BCUT2D eigenvalue weighted by atomic mass is 10.0. The monoisotopic (exact) mass is 545 g/mol. The van der Waals surface area contributed by atoms with Crippen molar-refractivity contribution < 1.29 is 37.7 Å². The minimum atomic E-state index is -0.608. The molecular formula is C30H27NO9. The highest BCUT2D eigenvalue weighted by Gasteiger charge is 2.34. The molecule has 0 saturated carbocycles. The number of imide groups is 1. The number of esters is 1. The maximum Gasteiger partial charge on any atom is 0.344 e. The maximum absolute atomic E-state index is 12.8. The molecule has 0 atom stereocenters. The number of carbonyl (C=O) groups excluding carboxylic acids is 3. The number of unbranched alkanes of at least 4 members (excludes halogenated alkanes) is 2. The number of ether oxygens (including phenoxy) is 4.